The SMILES string of the molecule is CNCCOC(=O)C(C)CC(C)(CCCCC(C)C)C(=O)OCCNC. The van der Waals surface area contributed by atoms with Gasteiger partial charge in [-0.25, -0.2) is 0 Å². The van der Waals surface area contributed by atoms with E-state index in [4.69, 9.17) is 9.47 Å². The Labute approximate surface area is 159 Å². The van der Waals surface area contributed by atoms with Crippen molar-refractivity contribution < 1.29 is 19.1 Å². The molecule has 0 aliphatic rings. The van der Waals surface area contributed by atoms with E-state index in [0.717, 1.165) is 25.7 Å². The summed E-state index contributed by atoms with van der Waals surface area (Å²) >= 11 is 0. The van der Waals surface area contributed by atoms with Crippen molar-refractivity contribution in [1.82, 2.24) is 10.6 Å². The van der Waals surface area contributed by atoms with Gasteiger partial charge in [-0.1, -0.05) is 40.0 Å². The number of carbonyl (C=O) groups excluding carboxylic acids is 2. The third-order valence-corrected chi connectivity index (χ3v) is 4.59. The highest BCUT2D eigenvalue weighted by molar-refractivity contribution is 5.78. The second-order valence-electron chi connectivity index (χ2n) is 7.82. The molecule has 0 radical (unpaired) electrons. The molecule has 154 valence electrons. The second-order valence-corrected chi connectivity index (χ2v) is 7.82. The molecule has 0 fully saturated rings. The van der Waals surface area contributed by atoms with Crippen LogP contribution < -0.4 is 10.6 Å². The van der Waals surface area contributed by atoms with Crippen LogP contribution in [0.4, 0.5) is 0 Å². The van der Waals surface area contributed by atoms with Crippen molar-refractivity contribution in [2.45, 2.75) is 59.8 Å². The van der Waals surface area contributed by atoms with E-state index < -0.39 is 5.41 Å². The van der Waals surface area contributed by atoms with Gasteiger partial charge in [0.1, 0.15) is 13.2 Å². The third-order valence-electron chi connectivity index (χ3n) is 4.59. The molecule has 2 unspecified atom stereocenters. The van der Waals surface area contributed by atoms with Crippen molar-refractivity contribution in [3.05, 3.63) is 0 Å². The molecule has 2 N–H and O–H groups in total. The second kappa shape index (κ2) is 14.0. The number of hydrogen-bond acceptors (Lipinski definition) is 6. The van der Waals surface area contributed by atoms with Crippen LogP contribution in [0, 0.1) is 17.3 Å². The maximum Gasteiger partial charge on any atom is 0.311 e. The van der Waals surface area contributed by atoms with Crippen molar-refractivity contribution in [2.24, 2.45) is 17.3 Å². The average Bonchev–Trinajstić information content (AvgIpc) is 2.58. The number of ether oxygens (including phenoxy) is 2. The Hall–Kier alpha value is -1.14. The molecule has 0 aromatic heterocycles. The molecule has 0 aliphatic carbocycles. The minimum absolute atomic E-state index is 0.216. The molecule has 0 heterocycles. The van der Waals surface area contributed by atoms with Gasteiger partial charge in [-0.15, -0.1) is 0 Å². The van der Waals surface area contributed by atoms with Gasteiger partial charge in [0.2, 0.25) is 0 Å². The first-order valence-electron chi connectivity index (χ1n) is 9.90. The maximum absolute atomic E-state index is 12.7. The first-order valence-corrected chi connectivity index (χ1v) is 9.90. The molecule has 0 bridgehead atoms. The molecule has 0 rings (SSSR count). The smallest absolute Gasteiger partial charge is 0.311 e. The zero-order valence-electron chi connectivity index (χ0n) is 17.7. The highest BCUT2D eigenvalue weighted by atomic mass is 16.5. The lowest BCUT2D eigenvalue weighted by Crippen LogP contribution is -2.35. The van der Waals surface area contributed by atoms with Gasteiger partial charge in [0.05, 0.1) is 11.3 Å². The largest absolute Gasteiger partial charge is 0.464 e. The van der Waals surface area contributed by atoms with Gasteiger partial charge in [0, 0.05) is 13.1 Å². The Morgan fingerprint density at radius 2 is 1.54 bits per heavy atom. The zero-order chi connectivity index (χ0) is 20.0. The fourth-order valence-corrected chi connectivity index (χ4v) is 2.93. The average molecular weight is 373 g/mol. The van der Waals surface area contributed by atoms with Gasteiger partial charge in [-0.3, -0.25) is 9.59 Å². The van der Waals surface area contributed by atoms with Crippen LogP contribution in [0.15, 0.2) is 0 Å². The van der Waals surface area contributed by atoms with E-state index in [1.165, 1.54) is 0 Å². The number of carbonyl (C=O) groups is 2. The molecule has 6 heteroatoms. The van der Waals surface area contributed by atoms with E-state index in [9.17, 15) is 9.59 Å². The molecule has 26 heavy (non-hydrogen) atoms. The molecule has 0 aromatic rings. The summed E-state index contributed by atoms with van der Waals surface area (Å²) in [6.45, 7) is 10.1. The lowest BCUT2D eigenvalue weighted by Gasteiger charge is -2.29. The van der Waals surface area contributed by atoms with E-state index in [0.29, 0.717) is 38.6 Å². The summed E-state index contributed by atoms with van der Waals surface area (Å²) < 4.78 is 10.7. The predicted molar refractivity (Wildman–Crippen MR) is 105 cm³/mol. The third kappa shape index (κ3) is 10.8. The molecule has 0 saturated heterocycles. The lowest BCUT2D eigenvalue weighted by molar-refractivity contribution is -0.158. The van der Waals surface area contributed by atoms with Crippen LogP contribution in [0.3, 0.4) is 0 Å². The summed E-state index contributed by atoms with van der Waals surface area (Å²) in [6, 6.07) is 0. The van der Waals surface area contributed by atoms with Gasteiger partial charge in [0.25, 0.3) is 0 Å². The standard InChI is InChI=1S/C20H40N2O4/c1-16(2)9-7-8-10-20(4,19(24)26-14-12-22-6)15-17(3)18(23)25-13-11-21-5/h16-17,21-22H,7-15H2,1-6H3. The van der Waals surface area contributed by atoms with E-state index in [2.05, 4.69) is 24.5 Å². The van der Waals surface area contributed by atoms with Crippen LogP contribution in [0.5, 0.6) is 0 Å². The predicted octanol–water partition coefficient (Wildman–Crippen LogP) is 2.76. The van der Waals surface area contributed by atoms with E-state index in [1.54, 1.807) is 0 Å². The summed E-state index contributed by atoms with van der Waals surface area (Å²) in [5.74, 6) is -0.146. The van der Waals surface area contributed by atoms with Crippen LogP contribution in [-0.4, -0.2) is 52.3 Å². The number of nitrogens with one attached hydrogen (secondary N) is 2. The number of likely N-dealkylation sites (N-methyl/N-ethyl adjacent to an activating group) is 2. The van der Waals surface area contributed by atoms with Gasteiger partial charge in [-0.2, -0.15) is 0 Å². The van der Waals surface area contributed by atoms with Gasteiger partial charge in [-0.05, 0) is 39.8 Å². The van der Waals surface area contributed by atoms with E-state index in [-0.39, 0.29) is 17.9 Å². The number of unbranched alkanes of at least 4 members (excludes halogenated alkanes) is 1. The van der Waals surface area contributed by atoms with E-state index in [1.807, 2.05) is 27.9 Å². The van der Waals surface area contributed by atoms with Gasteiger partial charge < -0.3 is 20.1 Å². The fraction of sp³-hybridized carbons (Fsp3) is 0.900. The van der Waals surface area contributed by atoms with Gasteiger partial charge >= 0.3 is 11.9 Å². The molecule has 0 amide bonds. The summed E-state index contributed by atoms with van der Waals surface area (Å²) in [4.78, 5) is 24.9. The molecule has 0 saturated carbocycles. The number of esters is 2. The number of hydrogen-bond donors (Lipinski definition) is 2. The van der Waals surface area contributed by atoms with E-state index >= 15 is 0 Å². The normalized spacial score (nSPS) is 14.7. The molecule has 6 nitrogen and oxygen atoms in total. The quantitative estimate of drug-likeness (QED) is 0.340. The minimum Gasteiger partial charge on any atom is -0.464 e. The summed E-state index contributed by atoms with van der Waals surface area (Å²) in [5.41, 5.74) is -0.661. The van der Waals surface area contributed by atoms with Gasteiger partial charge in [0.15, 0.2) is 0 Å². The molecule has 2 atom stereocenters. The monoisotopic (exact) mass is 372 g/mol. The first-order chi connectivity index (χ1) is 12.3. The molecule has 0 aromatic carbocycles. The van der Waals surface area contributed by atoms with Crippen LogP contribution >= 0.6 is 0 Å². The minimum atomic E-state index is -0.661. The molecular formula is C20H40N2O4. The summed E-state index contributed by atoms with van der Waals surface area (Å²) in [6.07, 6.45) is 4.36. The van der Waals surface area contributed by atoms with Crippen molar-refractivity contribution in [3.63, 3.8) is 0 Å². The molecular weight excluding hydrogens is 332 g/mol. The van der Waals surface area contributed by atoms with Crippen molar-refractivity contribution >= 4 is 11.9 Å². The topological polar surface area (TPSA) is 76.7 Å². The fourth-order valence-electron chi connectivity index (χ4n) is 2.93. The summed E-state index contributed by atoms with van der Waals surface area (Å²) in [7, 11) is 3.63. The van der Waals surface area contributed by atoms with Crippen LogP contribution in [0.2, 0.25) is 0 Å². The zero-order valence-corrected chi connectivity index (χ0v) is 17.7. The van der Waals surface area contributed by atoms with Crippen molar-refractivity contribution in [1.29, 1.82) is 0 Å². The Balaban J connectivity index is 4.77. The highest BCUT2D eigenvalue weighted by Crippen LogP contribution is 2.34. The van der Waals surface area contributed by atoms with Crippen LogP contribution in [0.1, 0.15) is 59.8 Å². The Bertz CT molecular complexity index is 401. The van der Waals surface area contributed by atoms with Crippen LogP contribution in [0.25, 0.3) is 0 Å². The van der Waals surface area contributed by atoms with Crippen molar-refractivity contribution in [2.75, 3.05) is 40.4 Å². The molecule has 0 spiro atoms. The molecule has 0 aliphatic heterocycles. The first kappa shape index (κ1) is 24.9. The Morgan fingerprint density at radius 1 is 0.962 bits per heavy atom. The summed E-state index contributed by atoms with van der Waals surface area (Å²) in [5, 5.41) is 5.91. The Morgan fingerprint density at radius 3 is 2.08 bits per heavy atom. The Kier molecular flexibility index (Phi) is 13.4. The van der Waals surface area contributed by atoms with Crippen molar-refractivity contribution in [3.8, 4) is 0 Å². The highest BCUT2D eigenvalue weighted by Gasteiger charge is 2.37. The lowest BCUT2D eigenvalue weighted by atomic mass is 9.77. The van der Waals surface area contributed by atoms with Crippen LogP contribution in [-0.2, 0) is 19.1 Å². The number of rotatable bonds is 15. The maximum atomic E-state index is 12.7.